The Bertz CT molecular complexity index is 1210. The highest BCUT2D eigenvalue weighted by Crippen LogP contribution is 2.41. The van der Waals surface area contributed by atoms with Crippen LogP contribution in [0.15, 0.2) is 59.8 Å². The Hall–Kier alpha value is -3.37. The SMILES string of the molecule is CCCCOc1ccc(-c2cc(S(C)(=O)=O)cc(OC)c2-c2cncc(C#N)c2)cc1. The second-order valence-electron chi connectivity index (χ2n) is 7.12. The van der Waals surface area contributed by atoms with E-state index >= 15 is 0 Å². The fraction of sp³-hybridized carbons (Fsp3) is 0.250. The van der Waals surface area contributed by atoms with Gasteiger partial charge < -0.3 is 9.47 Å². The third kappa shape index (κ3) is 5.22. The molecule has 1 heterocycles. The van der Waals surface area contributed by atoms with Crippen molar-refractivity contribution >= 4 is 9.84 Å². The Labute approximate surface area is 183 Å². The maximum Gasteiger partial charge on any atom is 0.175 e. The van der Waals surface area contributed by atoms with Crippen LogP contribution in [0.3, 0.4) is 0 Å². The lowest BCUT2D eigenvalue weighted by atomic mass is 9.94. The lowest BCUT2D eigenvalue weighted by Gasteiger charge is -2.17. The standard InChI is InChI=1S/C24H24N2O4S/c1-4-5-10-30-20-8-6-18(7-9-20)22-12-21(31(3,27)28)13-23(29-2)24(22)19-11-17(14-25)15-26-16-19/h6-9,11-13,15-16H,4-5,10H2,1-3H3. The fourth-order valence-electron chi connectivity index (χ4n) is 3.19. The number of nitrogens with zero attached hydrogens (tertiary/aromatic N) is 2. The maximum atomic E-state index is 12.3. The molecule has 0 bridgehead atoms. The molecule has 1 aromatic heterocycles. The molecule has 3 rings (SSSR count). The Morgan fingerprint density at radius 2 is 1.81 bits per heavy atom. The van der Waals surface area contributed by atoms with Gasteiger partial charge in [-0.2, -0.15) is 5.26 Å². The van der Waals surface area contributed by atoms with Gasteiger partial charge in [0.2, 0.25) is 0 Å². The minimum atomic E-state index is -3.47. The van der Waals surface area contributed by atoms with Crippen LogP contribution in [-0.4, -0.2) is 33.4 Å². The minimum absolute atomic E-state index is 0.149. The number of ether oxygens (including phenoxy) is 2. The van der Waals surface area contributed by atoms with E-state index in [1.807, 2.05) is 24.3 Å². The van der Waals surface area contributed by atoms with Crippen molar-refractivity contribution in [1.82, 2.24) is 4.98 Å². The summed E-state index contributed by atoms with van der Waals surface area (Å²) in [4.78, 5) is 4.30. The normalized spacial score (nSPS) is 11.0. The highest BCUT2D eigenvalue weighted by Gasteiger charge is 2.20. The Balaban J connectivity index is 2.20. The van der Waals surface area contributed by atoms with Crippen LogP contribution in [0, 0.1) is 11.3 Å². The van der Waals surface area contributed by atoms with Gasteiger partial charge in [-0.25, -0.2) is 8.42 Å². The molecule has 3 aromatic rings. The first kappa shape index (κ1) is 22.3. The van der Waals surface area contributed by atoms with E-state index in [2.05, 4.69) is 18.0 Å². The largest absolute Gasteiger partial charge is 0.496 e. The van der Waals surface area contributed by atoms with Gasteiger partial charge in [-0.15, -0.1) is 0 Å². The predicted octanol–water partition coefficient (Wildman–Crippen LogP) is 4.88. The molecule has 0 spiro atoms. The van der Waals surface area contributed by atoms with Gasteiger partial charge in [0.1, 0.15) is 17.6 Å². The summed E-state index contributed by atoms with van der Waals surface area (Å²) in [6.07, 6.45) is 6.29. The molecule has 0 aliphatic carbocycles. The first-order chi connectivity index (χ1) is 14.9. The van der Waals surface area contributed by atoms with Crippen LogP contribution < -0.4 is 9.47 Å². The fourth-order valence-corrected chi connectivity index (χ4v) is 3.85. The highest BCUT2D eigenvalue weighted by atomic mass is 32.2. The van der Waals surface area contributed by atoms with Gasteiger partial charge in [-0.3, -0.25) is 4.98 Å². The number of hydrogen-bond acceptors (Lipinski definition) is 6. The molecule has 0 amide bonds. The molecule has 2 aromatic carbocycles. The van der Waals surface area contributed by atoms with Crippen LogP contribution in [0.1, 0.15) is 25.3 Å². The summed E-state index contributed by atoms with van der Waals surface area (Å²) in [5.41, 5.74) is 3.19. The molecule has 0 aliphatic heterocycles. The molecule has 0 fully saturated rings. The number of pyridine rings is 1. The van der Waals surface area contributed by atoms with Gasteiger partial charge in [0.15, 0.2) is 9.84 Å². The summed E-state index contributed by atoms with van der Waals surface area (Å²) in [5.74, 6) is 1.14. The molecular weight excluding hydrogens is 412 g/mol. The number of nitriles is 1. The van der Waals surface area contributed by atoms with Gasteiger partial charge >= 0.3 is 0 Å². The van der Waals surface area contributed by atoms with E-state index in [0.29, 0.717) is 34.6 Å². The molecule has 31 heavy (non-hydrogen) atoms. The van der Waals surface area contributed by atoms with Crippen molar-refractivity contribution in [3.8, 4) is 39.8 Å². The first-order valence-corrected chi connectivity index (χ1v) is 11.8. The zero-order chi connectivity index (χ0) is 22.4. The Morgan fingerprint density at radius 3 is 2.42 bits per heavy atom. The second kappa shape index (κ2) is 9.63. The van der Waals surface area contributed by atoms with E-state index < -0.39 is 9.84 Å². The minimum Gasteiger partial charge on any atom is -0.496 e. The van der Waals surface area contributed by atoms with Gasteiger partial charge in [-0.1, -0.05) is 25.5 Å². The van der Waals surface area contributed by atoms with Crippen molar-refractivity contribution < 1.29 is 17.9 Å². The number of aromatic nitrogens is 1. The quantitative estimate of drug-likeness (QED) is 0.468. The summed E-state index contributed by atoms with van der Waals surface area (Å²) >= 11 is 0. The van der Waals surface area contributed by atoms with Crippen LogP contribution in [0.25, 0.3) is 22.3 Å². The molecule has 160 valence electrons. The van der Waals surface area contributed by atoms with Crippen LogP contribution in [0.4, 0.5) is 0 Å². The number of sulfone groups is 1. The van der Waals surface area contributed by atoms with E-state index in [1.54, 1.807) is 18.3 Å². The van der Waals surface area contributed by atoms with Crippen molar-refractivity contribution in [3.63, 3.8) is 0 Å². The molecule has 0 aliphatic rings. The molecule has 7 heteroatoms. The summed E-state index contributed by atoms with van der Waals surface area (Å²) in [6, 6.07) is 14.4. The lowest BCUT2D eigenvalue weighted by Crippen LogP contribution is -2.01. The highest BCUT2D eigenvalue weighted by molar-refractivity contribution is 7.90. The van der Waals surface area contributed by atoms with Crippen LogP contribution in [0.2, 0.25) is 0 Å². The number of rotatable bonds is 8. The number of methoxy groups -OCH3 is 1. The van der Waals surface area contributed by atoms with Gasteiger partial charge in [0, 0.05) is 29.8 Å². The van der Waals surface area contributed by atoms with Gasteiger partial charge in [-0.05, 0) is 47.9 Å². The van der Waals surface area contributed by atoms with E-state index in [9.17, 15) is 13.7 Å². The van der Waals surface area contributed by atoms with Crippen molar-refractivity contribution in [2.75, 3.05) is 20.0 Å². The van der Waals surface area contributed by atoms with E-state index in [4.69, 9.17) is 9.47 Å². The van der Waals surface area contributed by atoms with E-state index in [1.165, 1.54) is 19.4 Å². The van der Waals surface area contributed by atoms with Crippen LogP contribution >= 0.6 is 0 Å². The van der Waals surface area contributed by atoms with Gasteiger partial charge in [0.05, 0.1) is 24.2 Å². The molecule has 0 saturated carbocycles. The molecule has 0 N–H and O–H groups in total. The summed E-state index contributed by atoms with van der Waals surface area (Å²) in [5, 5.41) is 9.28. The summed E-state index contributed by atoms with van der Waals surface area (Å²) in [6.45, 7) is 2.75. The summed E-state index contributed by atoms with van der Waals surface area (Å²) in [7, 11) is -1.99. The van der Waals surface area contributed by atoms with E-state index in [0.717, 1.165) is 30.4 Å². The second-order valence-corrected chi connectivity index (χ2v) is 9.14. The van der Waals surface area contributed by atoms with Crippen molar-refractivity contribution in [3.05, 3.63) is 60.4 Å². The zero-order valence-corrected chi connectivity index (χ0v) is 18.6. The van der Waals surface area contributed by atoms with Crippen molar-refractivity contribution in [1.29, 1.82) is 5.26 Å². The van der Waals surface area contributed by atoms with Crippen LogP contribution in [0.5, 0.6) is 11.5 Å². The number of hydrogen-bond donors (Lipinski definition) is 0. The molecular formula is C24H24N2O4S. The lowest BCUT2D eigenvalue weighted by molar-refractivity contribution is 0.309. The summed E-state index contributed by atoms with van der Waals surface area (Å²) < 4.78 is 35.9. The predicted molar refractivity (Wildman–Crippen MR) is 120 cm³/mol. The molecule has 0 saturated heterocycles. The third-order valence-corrected chi connectivity index (χ3v) is 5.90. The first-order valence-electron chi connectivity index (χ1n) is 9.88. The van der Waals surface area contributed by atoms with Crippen molar-refractivity contribution in [2.45, 2.75) is 24.7 Å². The maximum absolute atomic E-state index is 12.3. The number of benzene rings is 2. The van der Waals surface area contributed by atoms with Crippen molar-refractivity contribution in [2.24, 2.45) is 0 Å². The smallest absolute Gasteiger partial charge is 0.175 e. The zero-order valence-electron chi connectivity index (χ0n) is 17.8. The van der Waals surface area contributed by atoms with Gasteiger partial charge in [0.25, 0.3) is 0 Å². The molecule has 0 unspecified atom stereocenters. The monoisotopic (exact) mass is 436 g/mol. The third-order valence-electron chi connectivity index (χ3n) is 4.81. The topological polar surface area (TPSA) is 89.3 Å². The Kier molecular flexibility index (Phi) is 6.93. The molecule has 6 nitrogen and oxygen atoms in total. The Morgan fingerprint density at radius 1 is 1.06 bits per heavy atom. The average Bonchev–Trinajstić information content (AvgIpc) is 2.78. The average molecular weight is 437 g/mol. The number of unbranched alkanes of at least 4 members (excludes halogenated alkanes) is 1. The molecule has 0 atom stereocenters. The van der Waals surface area contributed by atoms with Crippen LogP contribution in [-0.2, 0) is 9.84 Å². The molecule has 0 radical (unpaired) electrons. The van der Waals surface area contributed by atoms with E-state index in [-0.39, 0.29) is 4.90 Å².